The van der Waals surface area contributed by atoms with Gasteiger partial charge in [-0.05, 0) is 25.7 Å². The molecule has 0 aliphatic carbocycles. The van der Waals surface area contributed by atoms with Crippen molar-refractivity contribution < 1.29 is 26.9 Å². The monoisotopic (exact) mass is 746 g/mol. The fourth-order valence-electron chi connectivity index (χ4n) is 9.79. The standard InChI is InChI=1S/C24H52B.C21H32F5N/c1-9-13-21(5)17-25(18-22(6)14-10-2,19-23(7)15-11-3)20-24(8)16-12-4;1-3-5-7-9-10-11-13-15-27(14-12-8-6-4-2)21-19(25)17(23)16(22)18(24)20(21)26/h21-24H,9-20H2,1-8H3;3-15H2,1-2H3/q-1;/p+1. The predicted molar refractivity (Wildman–Crippen MR) is 220 cm³/mol. The number of hydrogen-bond acceptors (Lipinski definition) is 0. The quantitative estimate of drug-likeness (QED) is 0.0263. The van der Waals surface area contributed by atoms with Crippen LogP contribution in [0.5, 0.6) is 0 Å². The molecule has 0 bridgehead atoms. The molecule has 1 N–H and O–H groups in total. The van der Waals surface area contributed by atoms with Crippen LogP contribution in [0, 0.1) is 52.8 Å². The average Bonchev–Trinajstić information content (AvgIpc) is 3.08. The summed E-state index contributed by atoms with van der Waals surface area (Å²) in [7, 11) is 0. The maximum absolute atomic E-state index is 14.2. The van der Waals surface area contributed by atoms with E-state index in [2.05, 4.69) is 62.3 Å². The third-order valence-corrected chi connectivity index (χ3v) is 11.7. The minimum Gasteiger partial charge on any atom is -0.297 e. The Kier molecular flexibility index (Phi) is 29.5. The van der Waals surface area contributed by atoms with Crippen LogP contribution in [0.15, 0.2) is 0 Å². The van der Waals surface area contributed by atoms with Crippen molar-refractivity contribution in [3.05, 3.63) is 29.1 Å². The number of unbranched alkanes of at least 4 members (excludes halogenated alkanes) is 9. The summed E-state index contributed by atoms with van der Waals surface area (Å²) in [6, 6.07) is 0. The number of benzene rings is 1. The highest BCUT2D eigenvalue weighted by Crippen LogP contribution is 2.41. The van der Waals surface area contributed by atoms with Gasteiger partial charge in [-0.1, -0.05) is 189 Å². The zero-order valence-electron chi connectivity index (χ0n) is 36.0. The van der Waals surface area contributed by atoms with Gasteiger partial charge < -0.3 is 0 Å². The van der Waals surface area contributed by atoms with Crippen LogP contribution in [0.25, 0.3) is 0 Å². The first kappa shape index (κ1) is 50.9. The van der Waals surface area contributed by atoms with Crippen LogP contribution in [-0.4, -0.2) is 19.2 Å². The van der Waals surface area contributed by atoms with E-state index in [4.69, 9.17) is 0 Å². The van der Waals surface area contributed by atoms with Crippen molar-refractivity contribution in [1.82, 2.24) is 0 Å². The largest absolute Gasteiger partial charge is 0.297 e. The van der Waals surface area contributed by atoms with Crippen LogP contribution in [0.3, 0.4) is 0 Å². The molecule has 1 aromatic rings. The Morgan fingerprint density at radius 3 is 0.962 bits per heavy atom. The molecule has 0 saturated heterocycles. The molecule has 1 aromatic carbocycles. The van der Waals surface area contributed by atoms with Gasteiger partial charge in [0, 0.05) is 6.15 Å². The predicted octanol–water partition coefficient (Wildman–Crippen LogP) is 15.4. The van der Waals surface area contributed by atoms with Gasteiger partial charge in [0.2, 0.25) is 34.8 Å². The van der Waals surface area contributed by atoms with Crippen molar-refractivity contribution in [3.8, 4) is 0 Å². The molecule has 52 heavy (non-hydrogen) atoms. The van der Waals surface area contributed by atoms with Crippen LogP contribution in [-0.2, 0) is 0 Å². The Morgan fingerprint density at radius 1 is 0.385 bits per heavy atom. The van der Waals surface area contributed by atoms with Crippen molar-refractivity contribution in [2.45, 2.75) is 217 Å². The molecule has 5 atom stereocenters. The second kappa shape index (κ2) is 30.2. The molecule has 0 saturated carbocycles. The molecule has 0 amide bonds. The number of halogens is 5. The molecule has 0 radical (unpaired) electrons. The highest BCUT2D eigenvalue weighted by Gasteiger charge is 2.33. The molecule has 308 valence electrons. The third kappa shape index (κ3) is 20.5. The van der Waals surface area contributed by atoms with Crippen LogP contribution in [0.4, 0.5) is 27.6 Å². The SMILES string of the molecule is CCCC(C)C[B-](CC(C)CCC)(CC(C)CCC)CC(C)CCC.CCCCCCCCC[NH+](CCCCCC)c1c(F)c(F)c(F)c(F)c1F. The van der Waals surface area contributed by atoms with Gasteiger partial charge in [0.15, 0.2) is 0 Å². The van der Waals surface area contributed by atoms with Crippen LogP contribution in [0.1, 0.15) is 191 Å². The van der Waals surface area contributed by atoms with Gasteiger partial charge in [0.1, 0.15) is 0 Å². The van der Waals surface area contributed by atoms with Gasteiger partial charge >= 0.3 is 0 Å². The van der Waals surface area contributed by atoms with Crippen LogP contribution >= 0.6 is 0 Å². The summed E-state index contributed by atoms with van der Waals surface area (Å²) >= 11 is 0. The normalized spacial score (nSPS) is 15.8. The Balaban J connectivity index is 0.00000100. The van der Waals surface area contributed by atoms with E-state index in [9.17, 15) is 22.0 Å². The lowest BCUT2D eigenvalue weighted by Crippen LogP contribution is -3.07. The van der Waals surface area contributed by atoms with E-state index in [1.54, 1.807) is 0 Å². The number of quaternary nitrogens is 1. The molecule has 0 aliphatic heterocycles. The molecule has 1 nitrogen and oxygen atoms in total. The minimum absolute atomic E-state index is 0.214. The first-order valence-electron chi connectivity index (χ1n) is 22.4. The van der Waals surface area contributed by atoms with Crippen LogP contribution < -0.4 is 4.90 Å². The Morgan fingerprint density at radius 2 is 0.654 bits per heavy atom. The smallest absolute Gasteiger partial charge is 0.225 e. The third-order valence-electron chi connectivity index (χ3n) is 11.7. The molecule has 1 rings (SSSR count). The van der Waals surface area contributed by atoms with Gasteiger partial charge in [-0.3, -0.25) is 4.90 Å². The van der Waals surface area contributed by atoms with E-state index >= 15 is 0 Å². The number of nitrogens with one attached hydrogen (secondary N) is 1. The van der Waals surface area contributed by atoms with Gasteiger partial charge in [0.05, 0.1) is 13.1 Å². The van der Waals surface area contributed by atoms with E-state index in [0.717, 1.165) is 68.6 Å². The zero-order chi connectivity index (χ0) is 39.5. The summed E-state index contributed by atoms with van der Waals surface area (Å²) in [5.41, 5.74) is -0.700. The van der Waals surface area contributed by atoms with E-state index in [1.165, 1.54) is 89.5 Å². The maximum Gasteiger partial charge on any atom is 0.225 e. The molecule has 0 spiro atoms. The summed E-state index contributed by atoms with van der Waals surface area (Å²) in [5, 5.41) is 0. The lowest BCUT2D eigenvalue weighted by atomic mass is 9.14. The highest BCUT2D eigenvalue weighted by molar-refractivity contribution is 6.80. The molecule has 0 fully saturated rings. The van der Waals surface area contributed by atoms with Crippen molar-refractivity contribution in [2.24, 2.45) is 23.7 Å². The Bertz CT molecular complexity index is 929. The van der Waals surface area contributed by atoms with E-state index in [0.29, 0.717) is 30.8 Å². The molecule has 0 aliphatic rings. The van der Waals surface area contributed by atoms with Gasteiger partial charge in [0.25, 0.3) is 0 Å². The fourth-order valence-corrected chi connectivity index (χ4v) is 9.79. The van der Waals surface area contributed by atoms with Crippen molar-refractivity contribution in [1.29, 1.82) is 0 Å². The molecule has 0 aromatic heterocycles. The number of rotatable bonds is 30. The topological polar surface area (TPSA) is 4.44 Å². The number of hydrogen-bond donors (Lipinski definition) is 1. The van der Waals surface area contributed by atoms with Gasteiger partial charge in [-0.25, -0.2) is 13.2 Å². The summed E-state index contributed by atoms with van der Waals surface area (Å²) in [4.78, 5) is 0.354. The lowest BCUT2D eigenvalue weighted by molar-refractivity contribution is -0.835. The van der Waals surface area contributed by atoms with E-state index in [-0.39, 0.29) is 6.15 Å². The maximum atomic E-state index is 14.2. The first-order chi connectivity index (χ1) is 24.8. The van der Waals surface area contributed by atoms with Crippen molar-refractivity contribution in [2.75, 3.05) is 13.1 Å². The summed E-state index contributed by atoms with van der Waals surface area (Å²) < 4.78 is 68.9. The molecular formula is C45H85BF5N. The summed E-state index contributed by atoms with van der Waals surface area (Å²) in [6.07, 6.45) is 27.9. The molecule has 5 unspecified atom stereocenters. The van der Waals surface area contributed by atoms with Gasteiger partial charge in [-0.15, -0.1) is 0 Å². The lowest BCUT2D eigenvalue weighted by Gasteiger charge is -2.47. The minimum atomic E-state index is -2.09. The average molecular weight is 746 g/mol. The summed E-state index contributed by atoms with van der Waals surface area (Å²) in [6.45, 7) is 24.6. The van der Waals surface area contributed by atoms with Gasteiger partial charge in [-0.2, -0.15) is 34.1 Å². The van der Waals surface area contributed by atoms with Crippen molar-refractivity contribution >= 4 is 11.8 Å². The molecular weight excluding hydrogens is 660 g/mol. The molecule has 7 heteroatoms. The zero-order valence-corrected chi connectivity index (χ0v) is 36.0. The second-order valence-corrected chi connectivity index (χ2v) is 17.5. The highest BCUT2D eigenvalue weighted by atomic mass is 19.2. The first-order valence-corrected chi connectivity index (χ1v) is 22.4. The summed E-state index contributed by atoms with van der Waals surface area (Å²) in [5.74, 6) is -5.51. The van der Waals surface area contributed by atoms with Crippen LogP contribution in [0.2, 0.25) is 25.3 Å². The fraction of sp³-hybridized carbons (Fsp3) is 0.867. The molecule has 0 heterocycles. The van der Waals surface area contributed by atoms with E-state index in [1.807, 2.05) is 6.92 Å². The van der Waals surface area contributed by atoms with E-state index < -0.39 is 34.8 Å². The Labute approximate surface area is 320 Å². The Hall–Kier alpha value is -1.11. The van der Waals surface area contributed by atoms with Crippen molar-refractivity contribution in [3.63, 3.8) is 0 Å². The second-order valence-electron chi connectivity index (χ2n) is 17.5.